The van der Waals surface area contributed by atoms with Gasteiger partial charge in [0.1, 0.15) is 0 Å². The molecular weight excluding hydrogens is 786 g/mol. The number of rotatable bonds is 10. The summed E-state index contributed by atoms with van der Waals surface area (Å²) < 4.78 is 16.0. The molecule has 1 radical (unpaired) electrons. The van der Waals surface area contributed by atoms with Crippen LogP contribution >= 0.6 is 0 Å². The molecule has 0 saturated heterocycles. The Hall–Kier alpha value is -2.60. The summed E-state index contributed by atoms with van der Waals surface area (Å²) in [6.45, 7) is 10.2. The van der Waals surface area contributed by atoms with Crippen LogP contribution < -0.4 is 4.40 Å². The van der Waals surface area contributed by atoms with Crippen LogP contribution in [0.15, 0.2) is 78.7 Å². The molecule has 3 aromatic carbocycles. The van der Waals surface area contributed by atoms with Gasteiger partial charge in [-0.15, -0.1) is 0 Å². The first-order chi connectivity index (χ1) is 20.4. The number of pyridine rings is 1. The number of carbonyl (C=O) groups is 1. The van der Waals surface area contributed by atoms with Crippen molar-refractivity contribution in [2.45, 2.75) is 77.6 Å². The summed E-state index contributed by atoms with van der Waals surface area (Å²) in [5.74, 6) is 7.21. The maximum absolute atomic E-state index is 14.9. The maximum Gasteiger partial charge on any atom is 0 e. The fourth-order valence-corrected chi connectivity index (χ4v) is 7.69. The molecular formula is C38H47FGeIrNO2-. The quantitative estimate of drug-likeness (QED) is 0.0750. The Morgan fingerprint density at radius 3 is 2.16 bits per heavy atom. The van der Waals surface area contributed by atoms with Crippen LogP contribution in [-0.2, 0) is 24.9 Å². The monoisotopic (exact) mass is 835 g/mol. The molecule has 237 valence electrons. The van der Waals surface area contributed by atoms with Crippen molar-refractivity contribution < 1.29 is 34.4 Å². The number of fused-ring (bicyclic) bond motifs is 1. The van der Waals surface area contributed by atoms with E-state index in [0.717, 1.165) is 47.9 Å². The summed E-state index contributed by atoms with van der Waals surface area (Å²) in [6, 6.07) is 23.3. The standard InChI is InChI=1S/C25H23FGeN.C13H24O2.Ir/c1-17-13-20(14-18-7-5-6-8-22(17)18)25-15-19(11-12-28-25)23-10-9-21(16-24(23)26)27(2,3)4;1-5-10(6-2)12(14)9-13(15)11(7-3)8-4;/h5-13,15-16H,1-4H3;9-11,14H,5-8H2,1-4H3;/q-1;;/b;12-9-;. The number of allylic oxidation sites excluding steroid dienone is 2. The smallest absolute Gasteiger partial charge is 0 e. The molecule has 3 nitrogen and oxygen atoms in total. The fraction of sp³-hybridized carbons (Fsp3) is 0.368. The van der Waals surface area contributed by atoms with E-state index in [1.54, 1.807) is 12.3 Å². The van der Waals surface area contributed by atoms with Gasteiger partial charge < -0.3 is 5.11 Å². The number of hydrogen-bond acceptors (Lipinski definition) is 3. The summed E-state index contributed by atoms with van der Waals surface area (Å²) in [5.41, 5.74) is 4.39. The van der Waals surface area contributed by atoms with E-state index in [4.69, 9.17) is 0 Å². The second kappa shape index (κ2) is 17.2. The molecule has 1 heterocycles. The van der Waals surface area contributed by atoms with Crippen LogP contribution in [0, 0.1) is 30.6 Å². The van der Waals surface area contributed by atoms with E-state index in [2.05, 4.69) is 59.5 Å². The van der Waals surface area contributed by atoms with Gasteiger partial charge in [-0.3, -0.25) is 4.79 Å². The summed E-state index contributed by atoms with van der Waals surface area (Å²) >= 11 is -2.05. The van der Waals surface area contributed by atoms with Crippen molar-refractivity contribution in [3.8, 4) is 22.4 Å². The molecule has 0 unspecified atom stereocenters. The van der Waals surface area contributed by atoms with Gasteiger partial charge in [-0.1, -0.05) is 33.8 Å². The molecule has 0 aliphatic rings. The Labute approximate surface area is 280 Å². The molecule has 0 spiro atoms. The number of halogens is 1. The third-order valence-corrected chi connectivity index (χ3v) is 12.5. The predicted molar refractivity (Wildman–Crippen MR) is 183 cm³/mol. The molecule has 1 N–H and O–H groups in total. The molecule has 4 aromatic rings. The Morgan fingerprint density at radius 1 is 0.932 bits per heavy atom. The molecule has 0 saturated carbocycles. The van der Waals surface area contributed by atoms with Crippen LogP contribution in [-0.4, -0.2) is 29.1 Å². The summed E-state index contributed by atoms with van der Waals surface area (Å²) in [7, 11) is 0. The van der Waals surface area contributed by atoms with Gasteiger partial charge in [-0.2, -0.15) is 0 Å². The third kappa shape index (κ3) is 9.70. The molecule has 0 atom stereocenters. The molecule has 6 heteroatoms. The van der Waals surface area contributed by atoms with Crippen molar-refractivity contribution in [1.29, 1.82) is 0 Å². The van der Waals surface area contributed by atoms with E-state index >= 15 is 0 Å². The Bertz CT molecular complexity index is 1570. The Balaban J connectivity index is 0.000000363. The average Bonchev–Trinajstić information content (AvgIpc) is 2.98. The van der Waals surface area contributed by atoms with Crippen molar-refractivity contribution >= 4 is 34.2 Å². The molecule has 44 heavy (non-hydrogen) atoms. The minimum Gasteiger partial charge on any atom is 0 e. The van der Waals surface area contributed by atoms with Gasteiger partial charge in [0.05, 0.1) is 5.76 Å². The normalized spacial score (nSPS) is 11.8. The van der Waals surface area contributed by atoms with E-state index in [1.165, 1.54) is 21.4 Å². The van der Waals surface area contributed by atoms with E-state index < -0.39 is 13.3 Å². The number of aryl methyl sites for hydroxylation is 1. The van der Waals surface area contributed by atoms with Crippen molar-refractivity contribution in [3.05, 3.63) is 96.1 Å². The molecule has 1 aromatic heterocycles. The number of aliphatic hydroxyl groups excluding tert-OH is 1. The first kappa shape index (κ1) is 37.6. The first-order valence-corrected chi connectivity index (χ1v) is 22.9. The largest absolute Gasteiger partial charge is 0 e. The van der Waals surface area contributed by atoms with Gasteiger partial charge in [0.25, 0.3) is 0 Å². The average molecular weight is 834 g/mol. The van der Waals surface area contributed by atoms with E-state index in [0.29, 0.717) is 5.56 Å². The predicted octanol–water partition coefficient (Wildman–Crippen LogP) is 10.2. The Kier molecular flexibility index (Phi) is 14.7. The van der Waals surface area contributed by atoms with Crippen LogP contribution in [0.1, 0.15) is 58.9 Å². The van der Waals surface area contributed by atoms with Crippen LogP contribution in [0.4, 0.5) is 4.39 Å². The van der Waals surface area contributed by atoms with Gasteiger partial charge in [0.15, 0.2) is 5.78 Å². The van der Waals surface area contributed by atoms with Crippen LogP contribution in [0.5, 0.6) is 0 Å². The second-order valence-electron chi connectivity index (χ2n) is 12.3. The zero-order valence-electron chi connectivity index (χ0n) is 27.4. The summed E-state index contributed by atoms with van der Waals surface area (Å²) in [6.07, 6.45) is 6.65. The van der Waals surface area contributed by atoms with Gasteiger partial charge in [-0.25, -0.2) is 0 Å². The SMILES string of the molecule is CCC(CC)C(=O)/C=C(\O)C(CC)CC.Cc1cc(-c2cc(-c3cc[c]([Ge]([CH3])([CH3])[CH3])cc3F)ccn2)[c-]c2ccccc12.[Ir]. The molecule has 0 bridgehead atoms. The molecule has 0 amide bonds. The minimum absolute atomic E-state index is 0. The van der Waals surface area contributed by atoms with Crippen LogP contribution in [0.2, 0.25) is 17.3 Å². The number of carbonyl (C=O) groups excluding carboxylic acids is 1. The van der Waals surface area contributed by atoms with Crippen LogP contribution in [0.25, 0.3) is 33.2 Å². The van der Waals surface area contributed by atoms with E-state index in [9.17, 15) is 14.3 Å². The van der Waals surface area contributed by atoms with Crippen LogP contribution in [0.3, 0.4) is 0 Å². The van der Waals surface area contributed by atoms with Gasteiger partial charge in [0.2, 0.25) is 0 Å². The molecule has 0 aliphatic carbocycles. The fourth-order valence-electron chi connectivity index (χ4n) is 5.29. The number of aliphatic hydroxyl groups is 1. The third-order valence-electron chi connectivity index (χ3n) is 8.25. The second-order valence-corrected chi connectivity index (χ2v) is 22.9. The minimum atomic E-state index is -2.05. The number of benzene rings is 3. The number of hydrogen-bond donors (Lipinski definition) is 1. The number of nitrogens with zero attached hydrogens (tertiary/aromatic N) is 1. The van der Waals surface area contributed by atoms with Gasteiger partial charge in [0, 0.05) is 38.0 Å². The maximum atomic E-state index is 14.9. The number of aromatic nitrogens is 1. The molecule has 0 fully saturated rings. The zero-order chi connectivity index (χ0) is 31.7. The van der Waals surface area contributed by atoms with E-state index in [-0.39, 0.29) is 49.3 Å². The van der Waals surface area contributed by atoms with Crippen molar-refractivity contribution in [3.63, 3.8) is 0 Å². The van der Waals surface area contributed by atoms with Crippen molar-refractivity contribution in [2.24, 2.45) is 11.8 Å². The number of ketones is 1. The molecule has 0 aliphatic heterocycles. The van der Waals surface area contributed by atoms with Gasteiger partial charge in [-0.05, 0) is 25.7 Å². The zero-order valence-corrected chi connectivity index (χ0v) is 31.9. The summed E-state index contributed by atoms with van der Waals surface area (Å²) in [5, 5.41) is 12.0. The van der Waals surface area contributed by atoms with Crippen molar-refractivity contribution in [1.82, 2.24) is 4.98 Å². The Morgan fingerprint density at radius 2 is 1.57 bits per heavy atom. The van der Waals surface area contributed by atoms with Crippen molar-refractivity contribution in [2.75, 3.05) is 0 Å². The first-order valence-electron chi connectivity index (χ1n) is 15.6. The molecule has 4 rings (SSSR count). The van der Waals surface area contributed by atoms with Gasteiger partial charge >= 0.3 is 163 Å². The topological polar surface area (TPSA) is 50.2 Å². The van der Waals surface area contributed by atoms with E-state index in [1.807, 2.05) is 58.0 Å². The summed E-state index contributed by atoms with van der Waals surface area (Å²) in [4.78, 5) is 16.2.